The van der Waals surface area contributed by atoms with Crippen molar-refractivity contribution in [2.75, 3.05) is 14.1 Å². The second-order valence-electron chi connectivity index (χ2n) is 6.54. The number of nitrogens with zero attached hydrogens (tertiary/aromatic N) is 2. The quantitative estimate of drug-likeness (QED) is 0.655. The molecule has 0 bridgehead atoms. The van der Waals surface area contributed by atoms with Gasteiger partial charge in [0.25, 0.3) is 0 Å². The Kier molecular flexibility index (Phi) is 4.88. The molecule has 130 valence electrons. The van der Waals surface area contributed by atoms with Crippen molar-refractivity contribution in [3.63, 3.8) is 0 Å². The number of hydrazine groups is 1. The molecule has 1 unspecified atom stereocenters. The minimum absolute atomic E-state index is 0.295. The van der Waals surface area contributed by atoms with Crippen molar-refractivity contribution in [3.8, 4) is 0 Å². The van der Waals surface area contributed by atoms with Gasteiger partial charge in [-0.05, 0) is 41.5 Å². The minimum atomic E-state index is -0.558. The molecule has 2 nitrogen and oxygen atoms in total. The zero-order valence-electron chi connectivity index (χ0n) is 15.2. The summed E-state index contributed by atoms with van der Waals surface area (Å²) >= 11 is 0. The van der Waals surface area contributed by atoms with Crippen LogP contribution in [0.5, 0.6) is 0 Å². The summed E-state index contributed by atoms with van der Waals surface area (Å²) < 4.78 is 0. The number of hydrogen-bond acceptors (Lipinski definition) is 2. The van der Waals surface area contributed by atoms with Gasteiger partial charge in [0.1, 0.15) is 0 Å². The molecule has 0 radical (unpaired) electrons. The normalized spacial score (nSPS) is 17.2. The average Bonchev–Trinajstić information content (AvgIpc) is 3.03. The SMILES string of the molecule is CN1C=CC(c2cccc(P(c3ccccc3)c3ccccc3)c2)N1C. The van der Waals surface area contributed by atoms with E-state index in [4.69, 9.17) is 0 Å². The highest BCUT2D eigenvalue weighted by Gasteiger charge is 2.23. The third-order valence-corrected chi connectivity index (χ3v) is 7.31. The van der Waals surface area contributed by atoms with Crippen molar-refractivity contribution >= 4 is 23.8 Å². The third kappa shape index (κ3) is 3.31. The van der Waals surface area contributed by atoms with Crippen LogP contribution in [0.3, 0.4) is 0 Å². The van der Waals surface area contributed by atoms with Gasteiger partial charge in [-0.1, -0.05) is 78.9 Å². The van der Waals surface area contributed by atoms with Crippen LogP contribution in [-0.4, -0.2) is 24.1 Å². The molecular formula is C23H23N2P. The Balaban J connectivity index is 1.78. The lowest BCUT2D eigenvalue weighted by atomic mass is 10.1. The lowest BCUT2D eigenvalue weighted by molar-refractivity contribution is 0.0737. The Morgan fingerprint density at radius 3 is 1.81 bits per heavy atom. The molecule has 1 atom stereocenters. The maximum atomic E-state index is 2.39. The molecule has 0 saturated heterocycles. The number of benzene rings is 3. The van der Waals surface area contributed by atoms with E-state index >= 15 is 0 Å². The highest BCUT2D eigenvalue weighted by atomic mass is 31.1. The fourth-order valence-electron chi connectivity index (χ4n) is 3.41. The molecule has 3 heteroatoms. The molecule has 0 amide bonds. The molecule has 1 heterocycles. The summed E-state index contributed by atoms with van der Waals surface area (Å²) in [6, 6.07) is 31.1. The van der Waals surface area contributed by atoms with E-state index < -0.39 is 7.92 Å². The van der Waals surface area contributed by atoms with Gasteiger partial charge in [0.2, 0.25) is 0 Å². The van der Waals surface area contributed by atoms with Crippen molar-refractivity contribution in [1.29, 1.82) is 0 Å². The molecule has 0 aromatic heterocycles. The first-order chi connectivity index (χ1) is 12.7. The van der Waals surface area contributed by atoms with Gasteiger partial charge in [0.15, 0.2) is 0 Å². The van der Waals surface area contributed by atoms with Crippen LogP contribution in [0.15, 0.2) is 97.2 Å². The van der Waals surface area contributed by atoms with Gasteiger partial charge in [-0.3, -0.25) is 0 Å². The second-order valence-corrected chi connectivity index (χ2v) is 8.76. The molecule has 0 aliphatic carbocycles. The van der Waals surface area contributed by atoms with Gasteiger partial charge in [-0.2, -0.15) is 0 Å². The lowest BCUT2D eigenvalue weighted by Gasteiger charge is -2.27. The predicted octanol–water partition coefficient (Wildman–Crippen LogP) is 3.79. The monoisotopic (exact) mass is 358 g/mol. The molecule has 0 fully saturated rings. The number of rotatable bonds is 4. The van der Waals surface area contributed by atoms with Crippen LogP contribution >= 0.6 is 7.92 Å². The van der Waals surface area contributed by atoms with Gasteiger partial charge in [-0.25, -0.2) is 5.01 Å². The topological polar surface area (TPSA) is 6.48 Å². The lowest BCUT2D eigenvalue weighted by Crippen LogP contribution is -2.30. The van der Waals surface area contributed by atoms with Gasteiger partial charge >= 0.3 is 0 Å². The fraction of sp³-hybridized carbons (Fsp3) is 0.130. The highest BCUT2D eigenvalue weighted by molar-refractivity contribution is 7.79. The van der Waals surface area contributed by atoms with Gasteiger partial charge in [0, 0.05) is 20.3 Å². The van der Waals surface area contributed by atoms with E-state index in [2.05, 4.69) is 121 Å². The van der Waals surface area contributed by atoms with Crippen molar-refractivity contribution in [3.05, 3.63) is 103 Å². The minimum Gasteiger partial charge on any atom is -0.316 e. The van der Waals surface area contributed by atoms with Crippen LogP contribution in [-0.2, 0) is 0 Å². The molecule has 1 aliphatic heterocycles. The molecule has 1 aliphatic rings. The Morgan fingerprint density at radius 1 is 0.692 bits per heavy atom. The molecule has 26 heavy (non-hydrogen) atoms. The average molecular weight is 358 g/mol. The van der Waals surface area contributed by atoms with Gasteiger partial charge in [0.05, 0.1) is 6.04 Å². The van der Waals surface area contributed by atoms with Crippen LogP contribution in [0.25, 0.3) is 0 Å². The number of likely N-dealkylation sites (N-methyl/N-ethyl adjacent to an activating group) is 1. The maximum absolute atomic E-state index is 2.39. The maximum Gasteiger partial charge on any atom is 0.0737 e. The third-order valence-electron chi connectivity index (χ3n) is 4.88. The Morgan fingerprint density at radius 2 is 1.27 bits per heavy atom. The van der Waals surface area contributed by atoms with E-state index in [0.717, 1.165) is 0 Å². The van der Waals surface area contributed by atoms with Crippen molar-refractivity contribution in [2.45, 2.75) is 6.04 Å². The highest BCUT2D eigenvalue weighted by Crippen LogP contribution is 2.34. The van der Waals surface area contributed by atoms with Crippen molar-refractivity contribution in [1.82, 2.24) is 10.0 Å². The molecule has 4 rings (SSSR count). The largest absolute Gasteiger partial charge is 0.316 e. The summed E-state index contributed by atoms with van der Waals surface area (Å²) in [4.78, 5) is 0. The summed E-state index contributed by atoms with van der Waals surface area (Å²) in [6.07, 6.45) is 4.39. The molecular weight excluding hydrogens is 335 g/mol. The molecule has 0 N–H and O–H groups in total. The predicted molar refractivity (Wildman–Crippen MR) is 113 cm³/mol. The zero-order chi connectivity index (χ0) is 17.9. The van der Waals surface area contributed by atoms with Crippen LogP contribution in [0.1, 0.15) is 11.6 Å². The molecule has 3 aromatic carbocycles. The second kappa shape index (κ2) is 7.45. The van der Waals surface area contributed by atoms with E-state index in [9.17, 15) is 0 Å². The smallest absolute Gasteiger partial charge is 0.0737 e. The van der Waals surface area contributed by atoms with Crippen LogP contribution in [0.2, 0.25) is 0 Å². The first-order valence-corrected chi connectivity index (χ1v) is 10.2. The van der Waals surface area contributed by atoms with E-state index in [0.29, 0.717) is 6.04 Å². The first-order valence-electron chi connectivity index (χ1n) is 8.88. The van der Waals surface area contributed by atoms with Crippen molar-refractivity contribution < 1.29 is 0 Å². The Bertz CT molecular complexity index is 853. The van der Waals surface area contributed by atoms with Crippen LogP contribution in [0.4, 0.5) is 0 Å². The van der Waals surface area contributed by atoms with E-state index in [1.807, 2.05) is 0 Å². The molecule has 0 saturated carbocycles. The summed E-state index contributed by atoms with van der Waals surface area (Å²) in [7, 11) is 3.66. The van der Waals surface area contributed by atoms with E-state index in [-0.39, 0.29) is 0 Å². The van der Waals surface area contributed by atoms with Crippen LogP contribution < -0.4 is 15.9 Å². The summed E-state index contributed by atoms with van der Waals surface area (Å²) in [5, 5.41) is 8.56. The van der Waals surface area contributed by atoms with Gasteiger partial charge < -0.3 is 5.01 Å². The molecule has 3 aromatic rings. The fourth-order valence-corrected chi connectivity index (χ4v) is 5.76. The summed E-state index contributed by atoms with van der Waals surface area (Å²) in [5.74, 6) is 0. The Labute approximate surface area is 157 Å². The summed E-state index contributed by atoms with van der Waals surface area (Å²) in [6.45, 7) is 0. The first kappa shape index (κ1) is 17.0. The summed E-state index contributed by atoms with van der Waals surface area (Å²) in [5.41, 5.74) is 1.34. The Hall–Kier alpha value is -2.41. The van der Waals surface area contributed by atoms with Gasteiger partial charge in [-0.15, -0.1) is 0 Å². The van der Waals surface area contributed by atoms with Crippen LogP contribution in [0, 0.1) is 0 Å². The van der Waals surface area contributed by atoms with Crippen molar-refractivity contribution in [2.24, 2.45) is 0 Å². The molecule has 0 spiro atoms. The van der Waals surface area contributed by atoms with E-state index in [1.165, 1.54) is 21.5 Å². The van der Waals surface area contributed by atoms with E-state index in [1.54, 1.807) is 0 Å². The number of hydrogen-bond donors (Lipinski definition) is 0. The standard InChI is InChI=1S/C23H23N2P/c1-24-17-16-23(25(24)2)19-10-9-15-22(18-19)26(20-11-5-3-6-12-20)21-13-7-4-8-14-21/h3-18,23H,1-2H3. The zero-order valence-corrected chi connectivity index (χ0v) is 16.1.